The topological polar surface area (TPSA) is 58.6 Å². The van der Waals surface area contributed by atoms with Crippen molar-refractivity contribution in [3.8, 4) is 5.75 Å². The Morgan fingerprint density at radius 3 is 2.46 bits per heavy atom. The summed E-state index contributed by atoms with van der Waals surface area (Å²) in [7, 11) is 1.60. The Balaban J connectivity index is 1.82. The summed E-state index contributed by atoms with van der Waals surface area (Å²) in [5, 5.41) is 3.09. The summed E-state index contributed by atoms with van der Waals surface area (Å²) < 4.78 is 5.17. The van der Waals surface area contributed by atoms with Gasteiger partial charge >= 0.3 is 0 Å². The number of methoxy groups -OCH3 is 1. The Labute approximate surface area is 157 Å². The van der Waals surface area contributed by atoms with E-state index in [1.54, 1.807) is 19.2 Å². The smallest absolute Gasteiger partial charge is 0.220 e. The highest BCUT2D eigenvalue weighted by Gasteiger charge is 2.25. The molecule has 0 spiro atoms. The van der Waals surface area contributed by atoms with Gasteiger partial charge in [-0.2, -0.15) is 0 Å². The van der Waals surface area contributed by atoms with Crippen LogP contribution in [-0.4, -0.2) is 48.9 Å². The first kappa shape index (κ1) is 20.4. The van der Waals surface area contributed by atoms with Crippen LogP contribution in [0.5, 0.6) is 5.75 Å². The minimum Gasteiger partial charge on any atom is -0.497 e. The molecule has 1 aliphatic heterocycles. The van der Waals surface area contributed by atoms with Crippen molar-refractivity contribution in [1.29, 1.82) is 0 Å². The van der Waals surface area contributed by atoms with Crippen molar-refractivity contribution in [2.24, 2.45) is 0 Å². The highest BCUT2D eigenvalue weighted by molar-refractivity contribution is 5.99. The third kappa shape index (κ3) is 6.13. The number of ketones is 1. The van der Waals surface area contributed by atoms with Crippen molar-refractivity contribution >= 4 is 11.7 Å². The van der Waals surface area contributed by atoms with Crippen LogP contribution in [0.15, 0.2) is 18.2 Å². The van der Waals surface area contributed by atoms with Gasteiger partial charge in [-0.15, -0.1) is 0 Å². The maximum Gasteiger partial charge on any atom is 0.220 e. The molecular weight excluding hydrogens is 328 g/mol. The van der Waals surface area contributed by atoms with Crippen LogP contribution in [0.3, 0.4) is 0 Å². The van der Waals surface area contributed by atoms with E-state index in [2.05, 4.69) is 24.1 Å². The van der Waals surface area contributed by atoms with E-state index in [-0.39, 0.29) is 30.1 Å². The number of piperidine rings is 1. The number of carbonyl (C=O) groups excluding carboxylic acids is 2. The molecule has 144 valence electrons. The summed E-state index contributed by atoms with van der Waals surface area (Å²) in [6, 6.07) is 5.39. The number of carbonyl (C=O) groups is 2. The molecule has 1 heterocycles. The predicted molar refractivity (Wildman–Crippen MR) is 104 cm³/mol. The van der Waals surface area contributed by atoms with E-state index in [4.69, 9.17) is 4.74 Å². The first-order valence-corrected chi connectivity index (χ1v) is 9.52. The van der Waals surface area contributed by atoms with Crippen LogP contribution in [0.4, 0.5) is 0 Å². The van der Waals surface area contributed by atoms with Crippen molar-refractivity contribution in [3.63, 3.8) is 0 Å². The molecule has 1 N–H and O–H groups in total. The molecule has 1 aliphatic rings. The SMILES string of the molecule is COc1ccc(C(=O)CCC(=O)NC(C)(C)CN2CCCCC2)c(C)c1. The lowest BCUT2D eigenvalue weighted by Gasteiger charge is -2.35. The molecule has 0 radical (unpaired) electrons. The third-order valence-corrected chi connectivity index (χ3v) is 4.86. The van der Waals surface area contributed by atoms with Gasteiger partial charge in [0, 0.05) is 30.5 Å². The number of aryl methyl sites for hydroxylation is 1. The van der Waals surface area contributed by atoms with E-state index in [0.29, 0.717) is 5.56 Å². The molecule has 5 nitrogen and oxygen atoms in total. The maximum atomic E-state index is 12.4. The molecule has 0 unspecified atom stereocenters. The van der Waals surface area contributed by atoms with Crippen molar-refractivity contribution in [1.82, 2.24) is 10.2 Å². The second kappa shape index (κ2) is 9.17. The van der Waals surface area contributed by atoms with Gasteiger partial charge in [0.15, 0.2) is 5.78 Å². The fourth-order valence-electron chi connectivity index (χ4n) is 3.59. The van der Waals surface area contributed by atoms with E-state index in [0.717, 1.165) is 30.9 Å². The predicted octanol–water partition coefficient (Wildman–Crippen LogP) is 3.35. The number of rotatable bonds is 8. The Kier molecular flexibility index (Phi) is 7.21. The third-order valence-electron chi connectivity index (χ3n) is 4.86. The summed E-state index contributed by atoms with van der Waals surface area (Å²) in [4.78, 5) is 27.2. The van der Waals surface area contributed by atoms with Gasteiger partial charge in [-0.3, -0.25) is 9.59 Å². The Morgan fingerprint density at radius 2 is 1.85 bits per heavy atom. The summed E-state index contributed by atoms with van der Waals surface area (Å²) in [6.07, 6.45) is 4.21. The standard InChI is InChI=1S/C21H32N2O3/c1-16-14-17(26-4)8-9-18(16)19(24)10-11-20(25)22-21(2,3)15-23-12-6-5-7-13-23/h8-9,14H,5-7,10-13,15H2,1-4H3,(H,22,25). The highest BCUT2D eigenvalue weighted by Crippen LogP contribution is 2.19. The first-order chi connectivity index (χ1) is 12.3. The lowest BCUT2D eigenvalue weighted by Crippen LogP contribution is -2.52. The van der Waals surface area contributed by atoms with Crippen LogP contribution in [-0.2, 0) is 4.79 Å². The monoisotopic (exact) mass is 360 g/mol. The lowest BCUT2D eigenvalue weighted by molar-refractivity contribution is -0.122. The molecule has 0 aliphatic carbocycles. The zero-order chi connectivity index (χ0) is 19.2. The van der Waals surface area contributed by atoms with E-state index in [1.165, 1.54) is 19.3 Å². The number of likely N-dealkylation sites (tertiary alicyclic amines) is 1. The molecule has 1 fully saturated rings. The summed E-state index contributed by atoms with van der Waals surface area (Å²) in [5.74, 6) is 0.664. The molecule has 5 heteroatoms. The maximum absolute atomic E-state index is 12.4. The number of ether oxygens (including phenoxy) is 1. The van der Waals surface area contributed by atoms with Crippen molar-refractivity contribution in [3.05, 3.63) is 29.3 Å². The minimum absolute atomic E-state index is 0.00543. The molecule has 1 saturated heterocycles. The Hall–Kier alpha value is -1.88. The summed E-state index contributed by atoms with van der Waals surface area (Å²) >= 11 is 0. The molecule has 1 amide bonds. The van der Waals surface area contributed by atoms with E-state index >= 15 is 0 Å². The van der Waals surface area contributed by atoms with Gasteiger partial charge in [0.1, 0.15) is 5.75 Å². The van der Waals surface area contributed by atoms with Crippen LogP contribution < -0.4 is 10.1 Å². The molecule has 0 bridgehead atoms. The molecule has 1 aromatic rings. The van der Waals surface area contributed by atoms with Gasteiger partial charge in [0.05, 0.1) is 7.11 Å². The van der Waals surface area contributed by atoms with Crippen molar-refractivity contribution < 1.29 is 14.3 Å². The van der Waals surface area contributed by atoms with Crippen LogP contribution in [0.25, 0.3) is 0 Å². The van der Waals surface area contributed by atoms with Crippen LogP contribution >= 0.6 is 0 Å². The summed E-state index contributed by atoms with van der Waals surface area (Å²) in [5.41, 5.74) is 1.25. The number of benzene rings is 1. The highest BCUT2D eigenvalue weighted by atomic mass is 16.5. The van der Waals surface area contributed by atoms with Gasteiger partial charge in [0.2, 0.25) is 5.91 Å². The van der Waals surface area contributed by atoms with Crippen LogP contribution in [0.2, 0.25) is 0 Å². The zero-order valence-corrected chi connectivity index (χ0v) is 16.6. The Bertz CT molecular complexity index is 634. The van der Waals surface area contributed by atoms with Crippen LogP contribution in [0.1, 0.15) is 61.9 Å². The Morgan fingerprint density at radius 1 is 1.15 bits per heavy atom. The number of amides is 1. The molecule has 26 heavy (non-hydrogen) atoms. The van der Waals surface area contributed by atoms with Gasteiger partial charge in [-0.1, -0.05) is 6.42 Å². The lowest BCUT2D eigenvalue weighted by atomic mass is 9.99. The second-order valence-electron chi connectivity index (χ2n) is 7.87. The normalized spacial score (nSPS) is 15.5. The molecular formula is C21H32N2O3. The number of Topliss-reactive ketones (excluding diaryl/α,β-unsaturated/α-hetero) is 1. The van der Waals surface area contributed by atoms with Gasteiger partial charge < -0.3 is 15.0 Å². The fraction of sp³-hybridized carbons (Fsp3) is 0.619. The first-order valence-electron chi connectivity index (χ1n) is 9.52. The van der Waals surface area contributed by atoms with Gasteiger partial charge in [-0.25, -0.2) is 0 Å². The number of nitrogens with one attached hydrogen (secondary N) is 1. The quantitative estimate of drug-likeness (QED) is 0.722. The second-order valence-corrected chi connectivity index (χ2v) is 7.87. The minimum atomic E-state index is -0.284. The van der Waals surface area contributed by atoms with Crippen molar-refractivity contribution in [2.45, 2.75) is 58.4 Å². The molecule has 1 aromatic carbocycles. The molecule has 0 atom stereocenters. The van der Waals surface area contributed by atoms with E-state index in [1.807, 2.05) is 13.0 Å². The van der Waals surface area contributed by atoms with E-state index < -0.39 is 0 Å². The zero-order valence-electron chi connectivity index (χ0n) is 16.6. The van der Waals surface area contributed by atoms with Gasteiger partial charge in [0.25, 0.3) is 0 Å². The fourth-order valence-corrected chi connectivity index (χ4v) is 3.59. The number of hydrogen-bond acceptors (Lipinski definition) is 4. The van der Waals surface area contributed by atoms with Crippen molar-refractivity contribution in [2.75, 3.05) is 26.7 Å². The molecule has 0 saturated carbocycles. The molecule has 0 aromatic heterocycles. The van der Waals surface area contributed by atoms with Crippen LogP contribution in [0, 0.1) is 6.92 Å². The summed E-state index contributed by atoms with van der Waals surface area (Å²) in [6.45, 7) is 9.05. The molecule has 2 rings (SSSR count). The number of nitrogens with zero attached hydrogens (tertiary/aromatic N) is 1. The average molecular weight is 360 g/mol. The largest absolute Gasteiger partial charge is 0.497 e. The van der Waals surface area contributed by atoms with Gasteiger partial charge in [-0.05, 0) is 70.5 Å². The number of hydrogen-bond donors (Lipinski definition) is 1. The average Bonchev–Trinajstić information content (AvgIpc) is 2.59. The van der Waals surface area contributed by atoms with E-state index in [9.17, 15) is 9.59 Å².